The Hall–Kier alpha value is -2.58. The molecule has 3 rings (SSSR count). The van der Waals surface area contributed by atoms with Crippen molar-refractivity contribution in [3.8, 4) is 0 Å². The zero-order chi connectivity index (χ0) is 24.6. The van der Waals surface area contributed by atoms with E-state index in [1.165, 1.54) is 4.57 Å². The lowest BCUT2D eigenvalue weighted by Gasteiger charge is -2.36. The average molecular weight is 463 g/mol. The highest BCUT2D eigenvalue weighted by Gasteiger charge is 2.53. The number of rotatable bonds is 7. The van der Waals surface area contributed by atoms with Gasteiger partial charge in [-0.1, -0.05) is 13.8 Å². The minimum Gasteiger partial charge on any atom is -0.460 e. The zero-order valence-corrected chi connectivity index (χ0v) is 20.5. The van der Waals surface area contributed by atoms with Crippen molar-refractivity contribution in [2.24, 2.45) is 17.3 Å². The van der Waals surface area contributed by atoms with E-state index in [4.69, 9.17) is 10.5 Å². The van der Waals surface area contributed by atoms with E-state index >= 15 is 0 Å². The Balaban J connectivity index is 1.85. The van der Waals surface area contributed by atoms with Gasteiger partial charge in [0.05, 0.1) is 5.92 Å². The van der Waals surface area contributed by atoms with Crippen molar-refractivity contribution in [2.45, 2.75) is 98.3 Å². The van der Waals surface area contributed by atoms with E-state index in [-0.39, 0.29) is 41.8 Å². The fraction of sp³-hybridized carbons (Fsp3) is 0.750. The summed E-state index contributed by atoms with van der Waals surface area (Å²) in [5.41, 5.74) is 4.00. The predicted octanol–water partition coefficient (Wildman–Crippen LogP) is 2.89. The number of amides is 1. The van der Waals surface area contributed by atoms with Crippen molar-refractivity contribution >= 4 is 23.4 Å². The first-order valence-electron chi connectivity index (χ1n) is 12.1. The van der Waals surface area contributed by atoms with E-state index in [2.05, 4.69) is 5.32 Å². The number of nitrogen functional groups attached to an aromatic ring is 1. The molecule has 0 radical (unpaired) electrons. The fourth-order valence-corrected chi connectivity index (χ4v) is 5.35. The predicted molar refractivity (Wildman–Crippen MR) is 127 cm³/mol. The number of ether oxygens (including phenoxy) is 1. The van der Waals surface area contributed by atoms with Crippen LogP contribution in [-0.2, 0) is 27.4 Å². The summed E-state index contributed by atoms with van der Waals surface area (Å²) in [4.78, 5) is 51.9. The van der Waals surface area contributed by atoms with Crippen LogP contribution in [0.3, 0.4) is 0 Å². The van der Waals surface area contributed by atoms with Gasteiger partial charge in [0.25, 0.3) is 5.56 Å². The van der Waals surface area contributed by atoms with Gasteiger partial charge in [0.2, 0.25) is 5.91 Å². The van der Waals surface area contributed by atoms with Crippen molar-refractivity contribution in [2.75, 3.05) is 11.1 Å². The smallest absolute Gasteiger partial charge is 0.332 e. The summed E-state index contributed by atoms with van der Waals surface area (Å²) in [6, 6.07) is 0. The summed E-state index contributed by atoms with van der Waals surface area (Å²) < 4.78 is 8.11. The number of hydrogen-bond donors (Lipinski definition) is 2. The van der Waals surface area contributed by atoms with Gasteiger partial charge in [0, 0.05) is 18.5 Å². The van der Waals surface area contributed by atoms with Gasteiger partial charge in [-0.25, -0.2) is 4.79 Å². The molecule has 2 aliphatic rings. The molecule has 2 aliphatic carbocycles. The molecule has 0 aliphatic heterocycles. The van der Waals surface area contributed by atoms with Crippen LogP contribution in [0, 0.1) is 17.3 Å². The second-order valence-electron chi connectivity index (χ2n) is 10.6. The van der Waals surface area contributed by atoms with Crippen LogP contribution in [0.1, 0.15) is 79.6 Å². The first-order chi connectivity index (χ1) is 15.4. The molecular weight excluding hydrogens is 424 g/mol. The number of carbonyl (C=O) groups is 2. The largest absolute Gasteiger partial charge is 0.460 e. The molecule has 3 unspecified atom stereocenters. The number of nitrogens with one attached hydrogen (secondary N) is 1. The molecule has 3 atom stereocenters. The van der Waals surface area contributed by atoms with Crippen LogP contribution in [-0.4, -0.2) is 26.6 Å². The normalized spacial score (nSPS) is 24.5. The Bertz CT molecular complexity index is 1040. The molecule has 0 spiro atoms. The molecule has 2 saturated carbocycles. The van der Waals surface area contributed by atoms with E-state index in [1.54, 1.807) is 0 Å². The molecule has 33 heavy (non-hydrogen) atoms. The van der Waals surface area contributed by atoms with Gasteiger partial charge >= 0.3 is 11.7 Å². The number of nitrogens with zero attached hydrogens (tertiary/aromatic N) is 2. The highest BCUT2D eigenvalue weighted by molar-refractivity contribution is 5.97. The second kappa shape index (κ2) is 9.35. The molecule has 1 heterocycles. The summed E-state index contributed by atoms with van der Waals surface area (Å²) in [6.45, 7) is 9.98. The third-order valence-corrected chi connectivity index (χ3v) is 6.94. The van der Waals surface area contributed by atoms with Crippen LogP contribution in [0.4, 0.5) is 11.5 Å². The zero-order valence-electron chi connectivity index (χ0n) is 20.5. The van der Waals surface area contributed by atoms with Gasteiger partial charge in [-0.15, -0.1) is 0 Å². The maximum absolute atomic E-state index is 13.5. The molecule has 3 N–H and O–H groups in total. The maximum Gasteiger partial charge on any atom is 0.332 e. The third-order valence-electron chi connectivity index (χ3n) is 6.94. The monoisotopic (exact) mass is 462 g/mol. The molecule has 1 amide bonds. The number of esters is 1. The van der Waals surface area contributed by atoms with Gasteiger partial charge in [-0.3, -0.25) is 23.5 Å². The molecule has 0 aromatic carbocycles. The molecule has 0 saturated heterocycles. The van der Waals surface area contributed by atoms with E-state index in [1.807, 2.05) is 34.6 Å². The van der Waals surface area contributed by atoms with Crippen molar-refractivity contribution in [3.05, 3.63) is 20.8 Å². The minimum atomic E-state index is -0.636. The van der Waals surface area contributed by atoms with Crippen LogP contribution in [0.5, 0.6) is 0 Å². The Morgan fingerprint density at radius 3 is 2.30 bits per heavy atom. The van der Waals surface area contributed by atoms with Crippen LogP contribution in [0.15, 0.2) is 9.59 Å². The lowest BCUT2D eigenvalue weighted by Crippen LogP contribution is -2.45. The van der Waals surface area contributed by atoms with Gasteiger partial charge < -0.3 is 15.8 Å². The molecule has 1 aromatic heterocycles. The van der Waals surface area contributed by atoms with Crippen molar-refractivity contribution in [1.82, 2.24) is 9.13 Å². The van der Waals surface area contributed by atoms with E-state index < -0.39 is 22.3 Å². The first-order valence-corrected chi connectivity index (χ1v) is 12.1. The average Bonchev–Trinajstić information content (AvgIpc) is 3.07. The SMILES string of the molecule is CCCn1c(N)c(NC(=O)C23CCC(C2)C(C(=O)OC(C)(C)C)CC3)c(=O)n(CCC)c1=O. The van der Waals surface area contributed by atoms with E-state index in [0.29, 0.717) is 45.1 Å². The maximum atomic E-state index is 13.5. The van der Waals surface area contributed by atoms with Gasteiger partial charge in [0.1, 0.15) is 17.1 Å². The van der Waals surface area contributed by atoms with Crippen LogP contribution < -0.4 is 22.3 Å². The van der Waals surface area contributed by atoms with Crippen LogP contribution in [0.2, 0.25) is 0 Å². The molecule has 9 heteroatoms. The second-order valence-corrected chi connectivity index (χ2v) is 10.6. The number of hydrogen-bond acceptors (Lipinski definition) is 6. The Labute approximate surface area is 194 Å². The van der Waals surface area contributed by atoms with Gasteiger partial charge in [-0.05, 0) is 71.6 Å². The number of aromatic nitrogens is 2. The fourth-order valence-electron chi connectivity index (χ4n) is 5.35. The highest BCUT2D eigenvalue weighted by Crippen LogP contribution is 2.54. The quantitative estimate of drug-likeness (QED) is 0.600. The Morgan fingerprint density at radius 2 is 1.70 bits per heavy atom. The molecule has 184 valence electrons. The third kappa shape index (κ3) is 4.87. The first kappa shape index (κ1) is 25.1. The van der Waals surface area contributed by atoms with Crippen LogP contribution >= 0.6 is 0 Å². The molecule has 2 bridgehead atoms. The molecular formula is C24H38N4O5. The van der Waals surface area contributed by atoms with Crippen LogP contribution in [0.25, 0.3) is 0 Å². The number of carbonyl (C=O) groups excluding carboxylic acids is 2. The Kier molecular flexibility index (Phi) is 7.10. The summed E-state index contributed by atoms with van der Waals surface area (Å²) in [6.07, 6.45) is 4.41. The van der Waals surface area contributed by atoms with Gasteiger partial charge in [0.15, 0.2) is 0 Å². The van der Waals surface area contributed by atoms with E-state index in [0.717, 1.165) is 11.0 Å². The molecule has 2 fully saturated rings. The molecule has 1 aromatic rings. The summed E-state index contributed by atoms with van der Waals surface area (Å²) >= 11 is 0. The van der Waals surface area contributed by atoms with Crippen molar-refractivity contribution in [3.63, 3.8) is 0 Å². The topological polar surface area (TPSA) is 125 Å². The van der Waals surface area contributed by atoms with Crippen molar-refractivity contribution in [1.29, 1.82) is 0 Å². The number of anilines is 2. The lowest BCUT2D eigenvalue weighted by molar-refractivity contribution is -0.164. The summed E-state index contributed by atoms with van der Waals surface area (Å²) in [7, 11) is 0. The summed E-state index contributed by atoms with van der Waals surface area (Å²) in [5.74, 6) is -0.558. The van der Waals surface area contributed by atoms with Crippen molar-refractivity contribution < 1.29 is 14.3 Å². The number of fused-ring (bicyclic) bond motifs is 2. The Morgan fingerprint density at radius 1 is 1.09 bits per heavy atom. The minimum absolute atomic E-state index is 0.000871. The van der Waals surface area contributed by atoms with E-state index in [9.17, 15) is 19.2 Å². The highest BCUT2D eigenvalue weighted by atomic mass is 16.6. The standard InChI is InChI=1S/C24H38N4O5/c1-6-12-27-18(25)17(19(29)28(13-7-2)22(27)32)26-21(31)24-10-8-15(14-24)16(9-11-24)20(30)33-23(3,4)5/h15-16H,6-14,25H2,1-5H3,(H,26,31). The summed E-state index contributed by atoms with van der Waals surface area (Å²) in [5, 5.41) is 2.80. The lowest BCUT2D eigenvalue weighted by atomic mass is 9.70. The number of nitrogens with two attached hydrogens (primary N) is 1. The van der Waals surface area contributed by atoms with Gasteiger partial charge in [-0.2, -0.15) is 0 Å². The molecule has 9 nitrogen and oxygen atoms in total.